The summed E-state index contributed by atoms with van der Waals surface area (Å²) in [6.45, 7) is 1.24. The number of nitrogens with two attached hydrogens (primary N) is 1. The normalized spacial score (nSPS) is 54.0. The molecule has 0 aromatic rings. The molecule has 0 aromatic heterocycles. The molecule has 8 heavy (non-hydrogen) atoms. The monoisotopic (exact) mass is 112 g/mol. The molecule has 2 heteroatoms. The predicted molar refractivity (Wildman–Crippen MR) is 32.2 cm³/mol. The highest BCUT2D eigenvalue weighted by Gasteiger charge is 2.49. The Hall–Kier alpha value is -0.0800. The van der Waals surface area contributed by atoms with Crippen LogP contribution in [0.25, 0.3) is 0 Å². The van der Waals surface area contributed by atoms with Gasteiger partial charge in [-0.2, -0.15) is 0 Å². The molecule has 3 atom stereocenters. The average molecular weight is 112 g/mol. The van der Waals surface area contributed by atoms with Crippen molar-refractivity contribution >= 4 is 0 Å². The minimum atomic E-state index is 0.389. The zero-order valence-corrected chi connectivity index (χ0v) is 5.17. The largest absolute Gasteiger partial charge is 0.315 e. The minimum absolute atomic E-state index is 0.389. The van der Waals surface area contributed by atoms with Gasteiger partial charge in [-0.15, -0.1) is 0 Å². The van der Waals surface area contributed by atoms with Crippen LogP contribution in [0.15, 0.2) is 0 Å². The molecule has 2 fully saturated rings. The summed E-state index contributed by atoms with van der Waals surface area (Å²) in [5, 5.41) is 0. The SMILES string of the molecule is CN1CC2CC2C1N. The third-order valence-electron chi connectivity index (χ3n) is 2.45. The smallest absolute Gasteiger partial charge is 0.0601 e. The Morgan fingerprint density at radius 2 is 2.38 bits per heavy atom. The number of nitrogens with zero attached hydrogens (tertiary/aromatic N) is 1. The summed E-state index contributed by atoms with van der Waals surface area (Å²) in [6, 6.07) is 0. The van der Waals surface area contributed by atoms with Gasteiger partial charge < -0.3 is 5.73 Å². The standard InChI is InChI=1S/C6H12N2/c1-8-3-4-2-5(4)6(8)7/h4-6H,2-3,7H2,1H3. The quantitative estimate of drug-likeness (QED) is 0.472. The molecule has 1 saturated heterocycles. The van der Waals surface area contributed by atoms with Crippen LogP contribution in [0.3, 0.4) is 0 Å². The molecule has 1 heterocycles. The van der Waals surface area contributed by atoms with Gasteiger partial charge in [0.2, 0.25) is 0 Å². The molecule has 0 spiro atoms. The van der Waals surface area contributed by atoms with E-state index in [1.165, 1.54) is 13.0 Å². The van der Waals surface area contributed by atoms with Gasteiger partial charge in [-0.25, -0.2) is 0 Å². The summed E-state index contributed by atoms with van der Waals surface area (Å²) in [4.78, 5) is 2.25. The fourth-order valence-corrected chi connectivity index (χ4v) is 1.72. The van der Waals surface area contributed by atoms with Crippen molar-refractivity contribution in [3.8, 4) is 0 Å². The average Bonchev–Trinajstić information content (AvgIpc) is 2.39. The van der Waals surface area contributed by atoms with Crippen LogP contribution >= 0.6 is 0 Å². The molecule has 2 aliphatic rings. The van der Waals surface area contributed by atoms with Crippen LogP contribution in [0.2, 0.25) is 0 Å². The third-order valence-corrected chi connectivity index (χ3v) is 2.45. The molecule has 0 radical (unpaired) electrons. The van der Waals surface area contributed by atoms with E-state index in [9.17, 15) is 0 Å². The van der Waals surface area contributed by atoms with Crippen molar-refractivity contribution < 1.29 is 0 Å². The van der Waals surface area contributed by atoms with Gasteiger partial charge in [0, 0.05) is 6.54 Å². The lowest BCUT2D eigenvalue weighted by molar-refractivity contribution is 0.276. The zero-order chi connectivity index (χ0) is 5.72. The van der Waals surface area contributed by atoms with Crippen LogP contribution in [0, 0.1) is 11.8 Å². The molecule has 1 aliphatic heterocycles. The van der Waals surface area contributed by atoms with E-state index in [-0.39, 0.29) is 0 Å². The number of hydrogen-bond acceptors (Lipinski definition) is 2. The summed E-state index contributed by atoms with van der Waals surface area (Å²) in [5.41, 5.74) is 5.79. The van der Waals surface area contributed by atoms with Crippen LogP contribution in [-0.2, 0) is 0 Å². The first-order valence-corrected chi connectivity index (χ1v) is 3.25. The minimum Gasteiger partial charge on any atom is -0.315 e. The molecule has 1 aliphatic carbocycles. The van der Waals surface area contributed by atoms with Crippen molar-refractivity contribution in [3.05, 3.63) is 0 Å². The van der Waals surface area contributed by atoms with Gasteiger partial charge >= 0.3 is 0 Å². The third kappa shape index (κ3) is 0.446. The Labute approximate surface area is 49.7 Å². The van der Waals surface area contributed by atoms with Crippen LogP contribution < -0.4 is 5.73 Å². The molecule has 1 saturated carbocycles. The van der Waals surface area contributed by atoms with Gasteiger partial charge in [0.25, 0.3) is 0 Å². The number of fused-ring (bicyclic) bond motifs is 1. The maximum Gasteiger partial charge on any atom is 0.0601 e. The van der Waals surface area contributed by atoms with Crippen molar-refractivity contribution in [2.75, 3.05) is 13.6 Å². The lowest BCUT2D eigenvalue weighted by Gasteiger charge is -2.16. The van der Waals surface area contributed by atoms with Gasteiger partial charge in [-0.05, 0) is 25.3 Å². The summed E-state index contributed by atoms with van der Waals surface area (Å²) >= 11 is 0. The number of likely N-dealkylation sites (tertiary alicyclic amines) is 1. The number of piperidine rings is 1. The summed E-state index contributed by atoms with van der Waals surface area (Å²) < 4.78 is 0. The first-order chi connectivity index (χ1) is 3.79. The molecule has 0 amide bonds. The lowest BCUT2D eigenvalue weighted by Crippen LogP contribution is -2.36. The molecule has 0 aromatic carbocycles. The second-order valence-corrected chi connectivity index (χ2v) is 3.09. The molecule has 3 unspecified atom stereocenters. The lowest BCUT2D eigenvalue weighted by atomic mass is 10.3. The zero-order valence-electron chi connectivity index (χ0n) is 5.17. The van der Waals surface area contributed by atoms with E-state index in [0.29, 0.717) is 6.17 Å². The Kier molecular flexibility index (Phi) is 0.746. The highest BCUT2D eigenvalue weighted by Crippen LogP contribution is 2.46. The fourth-order valence-electron chi connectivity index (χ4n) is 1.72. The first kappa shape index (κ1) is 4.77. The van der Waals surface area contributed by atoms with Crippen molar-refractivity contribution in [2.45, 2.75) is 12.6 Å². The first-order valence-electron chi connectivity index (χ1n) is 3.25. The second kappa shape index (κ2) is 1.25. The topological polar surface area (TPSA) is 29.3 Å². The maximum atomic E-state index is 5.79. The van der Waals surface area contributed by atoms with Crippen molar-refractivity contribution in [1.29, 1.82) is 0 Å². The van der Waals surface area contributed by atoms with Gasteiger partial charge in [0.1, 0.15) is 0 Å². The van der Waals surface area contributed by atoms with E-state index in [2.05, 4.69) is 11.9 Å². The van der Waals surface area contributed by atoms with Gasteiger partial charge in [-0.1, -0.05) is 0 Å². The summed E-state index contributed by atoms with van der Waals surface area (Å²) in [5.74, 6) is 1.83. The van der Waals surface area contributed by atoms with Crippen molar-refractivity contribution in [2.24, 2.45) is 17.6 Å². The van der Waals surface area contributed by atoms with Crippen molar-refractivity contribution in [3.63, 3.8) is 0 Å². The summed E-state index contributed by atoms with van der Waals surface area (Å²) in [6.07, 6.45) is 1.78. The van der Waals surface area contributed by atoms with E-state index in [1.54, 1.807) is 0 Å². The van der Waals surface area contributed by atoms with Crippen molar-refractivity contribution in [1.82, 2.24) is 4.90 Å². The van der Waals surface area contributed by atoms with Crippen LogP contribution in [0.1, 0.15) is 6.42 Å². The highest BCUT2D eigenvalue weighted by molar-refractivity contribution is 5.00. The van der Waals surface area contributed by atoms with E-state index in [1.807, 2.05) is 0 Å². The number of hydrogen-bond donors (Lipinski definition) is 1. The molecule has 2 nitrogen and oxygen atoms in total. The maximum absolute atomic E-state index is 5.79. The molecular formula is C6H12N2. The predicted octanol–water partition coefficient (Wildman–Crippen LogP) is -0.147. The van der Waals surface area contributed by atoms with Crippen LogP contribution in [0.5, 0.6) is 0 Å². The molecule has 0 bridgehead atoms. The van der Waals surface area contributed by atoms with Gasteiger partial charge in [0.05, 0.1) is 6.17 Å². The summed E-state index contributed by atoms with van der Waals surface area (Å²) in [7, 11) is 2.11. The van der Waals surface area contributed by atoms with Crippen LogP contribution in [0.4, 0.5) is 0 Å². The van der Waals surface area contributed by atoms with Gasteiger partial charge in [0.15, 0.2) is 0 Å². The Morgan fingerprint density at radius 3 is 2.62 bits per heavy atom. The van der Waals surface area contributed by atoms with E-state index < -0.39 is 0 Å². The number of rotatable bonds is 0. The molecular weight excluding hydrogens is 100 g/mol. The Morgan fingerprint density at radius 1 is 1.62 bits per heavy atom. The van der Waals surface area contributed by atoms with E-state index in [4.69, 9.17) is 5.73 Å². The van der Waals surface area contributed by atoms with Crippen LogP contribution in [-0.4, -0.2) is 24.7 Å². The fraction of sp³-hybridized carbons (Fsp3) is 1.00. The van der Waals surface area contributed by atoms with E-state index in [0.717, 1.165) is 11.8 Å². The molecule has 46 valence electrons. The molecule has 2 rings (SSSR count). The Balaban J connectivity index is 2.08. The molecule has 2 N–H and O–H groups in total. The second-order valence-electron chi connectivity index (χ2n) is 3.09. The Bertz CT molecular complexity index is 111. The highest BCUT2D eigenvalue weighted by atomic mass is 15.2. The van der Waals surface area contributed by atoms with Gasteiger partial charge in [-0.3, -0.25) is 4.90 Å². The van der Waals surface area contributed by atoms with E-state index >= 15 is 0 Å².